The van der Waals surface area contributed by atoms with Crippen LogP contribution in [0, 0.1) is 5.82 Å². The molecule has 18 heavy (non-hydrogen) atoms. The van der Waals surface area contributed by atoms with Crippen LogP contribution in [0.4, 0.5) is 4.39 Å². The van der Waals surface area contributed by atoms with Crippen molar-refractivity contribution in [1.82, 2.24) is 0 Å². The Labute approximate surface area is 115 Å². The van der Waals surface area contributed by atoms with E-state index in [1.54, 1.807) is 6.07 Å². The summed E-state index contributed by atoms with van der Waals surface area (Å²) in [6.45, 7) is 0.843. The predicted octanol–water partition coefficient (Wildman–Crippen LogP) is 3.45. The number of ether oxygens (including phenoxy) is 1. The Balaban J connectivity index is 1.82. The summed E-state index contributed by atoms with van der Waals surface area (Å²) in [4.78, 5) is 0. The second-order valence-electron chi connectivity index (χ2n) is 4.81. The van der Waals surface area contributed by atoms with Gasteiger partial charge in [0.25, 0.3) is 0 Å². The van der Waals surface area contributed by atoms with Gasteiger partial charge in [0, 0.05) is 11.1 Å². The van der Waals surface area contributed by atoms with Crippen molar-refractivity contribution in [3.05, 3.63) is 34.1 Å². The molecular weight excluding hydrogens is 299 g/mol. The average Bonchev–Trinajstić information content (AvgIpc) is 2.84. The monoisotopic (exact) mass is 316 g/mol. The summed E-state index contributed by atoms with van der Waals surface area (Å²) in [6, 6.07) is 4.56. The molecule has 100 valence electrons. The lowest BCUT2D eigenvalue weighted by Crippen LogP contribution is -2.15. The van der Waals surface area contributed by atoms with Crippen molar-refractivity contribution >= 4 is 15.9 Å². The van der Waals surface area contributed by atoms with Crippen molar-refractivity contribution in [2.24, 2.45) is 0 Å². The molecule has 0 spiro atoms. The molecule has 4 heteroatoms. The maximum Gasteiger partial charge on any atom is 0.123 e. The zero-order chi connectivity index (χ0) is 13.0. The average molecular weight is 317 g/mol. The molecule has 1 saturated heterocycles. The third-order valence-corrected chi connectivity index (χ3v) is 4.08. The molecule has 0 radical (unpaired) electrons. The van der Waals surface area contributed by atoms with Crippen LogP contribution in [0.25, 0.3) is 0 Å². The van der Waals surface area contributed by atoms with Gasteiger partial charge >= 0.3 is 0 Å². The standard InChI is InChI=1S/C14H18BrFO2/c15-14-6-3-11(16)8-10(14)9-12(17)4-5-13-2-1-7-18-13/h3,6,8,12-13,17H,1-2,4-5,7,9H2. The van der Waals surface area contributed by atoms with Gasteiger partial charge in [-0.2, -0.15) is 0 Å². The first-order valence-corrected chi connectivity index (χ1v) is 7.18. The van der Waals surface area contributed by atoms with E-state index < -0.39 is 6.10 Å². The molecule has 1 aromatic rings. The molecule has 0 amide bonds. The maximum atomic E-state index is 13.1. The Morgan fingerprint density at radius 3 is 3.06 bits per heavy atom. The van der Waals surface area contributed by atoms with Crippen molar-refractivity contribution in [3.8, 4) is 0 Å². The van der Waals surface area contributed by atoms with E-state index >= 15 is 0 Å². The highest BCUT2D eigenvalue weighted by atomic mass is 79.9. The molecule has 0 aliphatic carbocycles. The molecule has 1 fully saturated rings. The first-order chi connectivity index (χ1) is 8.65. The van der Waals surface area contributed by atoms with Gasteiger partial charge in [-0.15, -0.1) is 0 Å². The highest BCUT2D eigenvalue weighted by Gasteiger charge is 2.17. The van der Waals surface area contributed by atoms with Crippen LogP contribution in [-0.4, -0.2) is 23.9 Å². The number of aliphatic hydroxyl groups is 1. The van der Waals surface area contributed by atoms with Crippen molar-refractivity contribution < 1.29 is 14.2 Å². The smallest absolute Gasteiger partial charge is 0.123 e. The SMILES string of the molecule is OC(CCC1CCCO1)Cc1cc(F)ccc1Br. The number of hydrogen-bond acceptors (Lipinski definition) is 2. The molecule has 2 unspecified atom stereocenters. The highest BCUT2D eigenvalue weighted by Crippen LogP contribution is 2.22. The number of hydrogen-bond donors (Lipinski definition) is 1. The fourth-order valence-electron chi connectivity index (χ4n) is 2.31. The zero-order valence-electron chi connectivity index (χ0n) is 10.2. The Bertz CT molecular complexity index is 391. The van der Waals surface area contributed by atoms with E-state index in [2.05, 4.69) is 15.9 Å². The summed E-state index contributed by atoms with van der Waals surface area (Å²) in [6.07, 6.45) is 4.14. The van der Waals surface area contributed by atoms with Crippen LogP contribution in [0.2, 0.25) is 0 Å². The number of benzene rings is 1. The lowest BCUT2D eigenvalue weighted by Gasteiger charge is -2.14. The van der Waals surface area contributed by atoms with E-state index in [1.165, 1.54) is 12.1 Å². The molecule has 2 nitrogen and oxygen atoms in total. The predicted molar refractivity (Wildman–Crippen MR) is 72.0 cm³/mol. The second kappa shape index (κ2) is 6.64. The minimum atomic E-state index is -0.438. The Hall–Kier alpha value is -0.450. The Morgan fingerprint density at radius 2 is 2.33 bits per heavy atom. The second-order valence-corrected chi connectivity index (χ2v) is 5.66. The summed E-state index contributed by atoms with van der Waals surface area (Å²) in [7, 11) is 0. The fourth-order valence-corrected chi connectivity index (χ4v) is 2.71. The Morgan fingerprint density at radius 1 is 1.50 bits per heavy atom. The van der Waals surface area contributed by atoms with Gasteiger partial charge in [-0.25, -0.2) is 4.39 Å². The highest BCUT2D eigenvalue weighted by molar-refractivity contribution is 9.10. The van der Waals surface area contributed by atoms with Gasteiger partial charge in [0.2, 0.25) is 0 Å². The molecule has 2 atom stereocenters. The summed E-state index contributed by atoms with van der Waals surface area (Å²) < 4.78 is 19.5. The third-order valence-electron chi connectivity index (χ3n) is 3.31. The van der Waals surface area contributed by atoms with Crippen molar-refractivity contribution in [1.29, 1.82) is 0 Å². The lowest BCUT2D eigenvalue weighted by molar-refractivity contribution is 0.0812. The van der Waals surface area contributed by atoms with Gasteiger partial charge in [-0.3, -0.25) is 0 Å². The van der Waals surface area contributed by atoms with E-state index in [1.807, 2.05) is 0 Å². The molecule has 0 aromatic heterocycles. The molecule has 2 rings (SSSR count). The molecule has 1 aromatic carbocycles. The molecular formula is C14H18BrFO2. The third kappa shape index (κ3) is 4.04. The van der Waals surface area contributed by atoms with Gasteiger partial charge in [0.15, 0.2) is 0 Å². The first kappa shape index (κ1) is 14.0. The van der Waals surface area contributed by atoms with Gasteiger partial charge < -0.3 is 9.84 Å². The first-order valence-electron chi connectivity index (χ1n) is 6.39. The molecule has 1 aliphatic rings. The van der Waals surface area contributed by atoms with Crippen LogP contribution in [0.3, 0.4) is 0 Å². The molecule has 1 heterocycles. The summed E-state index contributed by atoms with van der Waals surface area (Å²) in [5.74, 6) is -0.264. The lowest BCUT2D eigenvalue weighted by atomic mass is 10.0. The minimum Gasteiger partial charge on any atom is -0.393 e. The van der Waals surface area contributed by atoms with Gasteiger partial charge in [0.1, 0.15) is 5.82 Å². The molecule has 0 bridgehead atoms. The molecule has 1 N–H and O–H groups in total. The minimum absolute atomic E-state index is 0.264. The quantitative estimate of drug-likeness (QED) is 0.901. The number of rotatable bonds is 5. The van der Waals surface area contributed by atoms with E-state index in [4.69, 9.17) is 4.74 Å². The molecule has 1 aliphatic heterocycles. The van der Waals surface area contributed by atoms with E-state index in [9.17, 15) is 9.50 Å². The zero-order valence-corrected chi connectivity index (χ0v) is 11.8. The number of halogens is 2. The summed E-state index contributed by atoms with van der Waals surface area (Å²) >= 11 is 3.37. The topological polar surface area (TPSA) is 29.5 Å². The normalized spacial score (nSPS) is 21.2. The summed E-state index contributed by atoms with van der Waals surface area (Å²) in [5.41, 5.74) is 0.815. The van der Waals surface area contributed by atoms with Crippen LogP contribution < -0.4 is 0 Å². The van der Waals surface area contributed by atoms with Crippen LogP contribution >= 0.6 is 15.9 Å². The van der Waals surface area contributed by atoms with Crippen molar-refractivity contribution in [2.75, 3.05) is 6.61 Å². The van der Waals surface area contributed by atoms with E-state index in [0.717, 1.165) is 35.9 Å². The van der Waals surface area contributed by atoms with Crippen molar-refractivity contribution in [2.45, 2.75) is 44.3 Å². The Kier molecular flexibility index (Phi) is 5.15. The van der Waals surface area contributed by atoms with E-state index in [-0.39, 0.29) is 5.82 Å². The van der Waals surface area contributed by atoms with Crippen LogP contribution in [0.5, 0.6) is 0 Å². The van der Waals surface area contributed by atoms with Crippen LogP contribution in [-0.2, 0) is 11.2 Å². The van der Waals surface area contributed by atoms with Crippen LogP contribution in [0.1, 0.15) is 31.2 Å². The fraction of sp³-hybridized carbons (Fsp3) is 0.571. The van der Waals surface area contributed by atoms with Gasteiger partial charge in [-0.1, -0.05) is 15.9 Å². The largest absolute Gasteiger partial charge is 0.393 e. The number of aliphatic hydroxyl groups excluding tert-OH is 1. The van der Waals surface area contributed by atoms with E-state index in [0.29, 0.717) is 18.9 Å². The van der Waals surface area contributed by atoms with Gasteiger partial charge in [-0.05, 0) is 55.9 Å². The summed E-state index contributed by atoms with van der Waals surface area (Å²) in [5, 5.41) is 9.98. The van der Waals surface area contributed by atoms with Gasteiger partial charge in [0.05, 0.1) is 12.2 Å². The maximum absolute atomic E-state index is 13.1. The van der Waals surface area contributed by atoms with Crippen molar-refractivity contribution in [3.63, 3.8) is 0 Å². The van der Waals surface area contributed by atoms with Crippen LogP contribution in [0.15, 0.2) is 22.7 Å². The molecule has 0 saturated carbocycles.